The summed E-state index contributed by atoms with van der Waals surface area (Å²) in [5.41, 5.74) is 4.24. The van der Waals surface area contributed by atoms with Crippen molar-refractivity contribution in [3.8, 4) is 5.75 Å². The molecule has 32 heavy (non-hydrogen) atoms. The van der Waals surface area contributed by atoms with Crippen LogP contribution in [0.5, 0.6) is 5.75 Å². The van der Waals surface area contributed by atoms with Gasteiger partial charge in [-0.15, -0.1) is 0 Å². The summed E-state index contributed by atoms with van der Waals surface area (Å²) in [6, 6.07) is 12.5. The van der Waals surface area contributed by atoms with Gasteiger partial charge in [-0.1, -0.05) is 31.0 Å². The SMILES string of the molecule is COc1ccc(C2(C=O)CCCC2)c(N2CCOCC(Cc3cccc4[nH]ncc34)C2)c1. The van der Waals surface area contributed by atoms with Gasteiger partial charge in [0, 0.05) is 36.1 Å². The number of carbonyl (C=O) groups is 1. The van der Waals surface area contributed by atoms with Crippen molar-refractivity contribution in [2.75, 3.05) is 38.3 Å². The van der Waals surface area contributed by atoms with Crippen LogP contribution in [0, 0.1) is 5.92 Å². The summed E-state index contributed by atoms with van der Waals surface area (Å²) in [6.45, 7) is 3.09. The number of aromatic amines is 1. The number of benzene rings is 2. The molecule has 0 spiro atoms. The highest BCUT2D eigenvalue weighted by molar-refractivity contribution is 5.81. The van der Waals surface area contributed by atoms with E-state index >= 15 is 0 Å². The Hall–Kier alpha value is -2.86. The Morgan fingerprint density at radius 1 is 1.28 bits per heavy atom. The van der Waals surface area contributed by atoms with Crippen LogP contribution in [0.4, 0.5) is 5.69 Å². The maximum absolute atomic E-state index is 12.3. The van der Waals surface area contributed by atoms with Crippen LogP contribution in [0.25, 0.3) is 10.9 Å². The Bertz CT molecular complexity index is 1090. The van der Waals surface area contributed by atoms with Crippen LogP contribution in [0.3, 0.4) is 0 Å². The zero-order valence-electron chi connectivity index (χ0n) is 18.7. The molecule has 2 fully saturated rings. The number of nitrogens with zero attached hydrogens (tertiary/aromatic N) is 2. The van der Waals surface area contributed by atoms with Crippen LogP contribution >= 0.6 is 0 Å². The Balaban J connectivity index is 1.47. The number of aldehydes is 1. The lowest BCUT2D eigenvalue weighted by atomic mass is 9.79. The average Bonchev–Trinajstić information content (AvgIpc) is 3.46. The van der Waals surface area contributed by atoms with E-state index in [9.17, 15) is 4.79 Å². The molecule has 1 atom stereocenters. The van der Waals surface area contributed by atoms with E-state index in [0.717, 1.165) is 74.3 Å². The van der Waals surface area contributed by atoms with Crippen LogP contribution < -0.4 is 9.64 Å². The normalized spacial score (nSPS) is 20.9. The van der Waals surface area contributed by atoms with Gasteiger partial charge in [0.05, 0.1) is 37.5 Å². The first-order chi connectivity index (χ1) is 15.7. The number of carbonyl (C=O) groups excluding carboxylic acids is 1. The lowest BCUT2D eigenvalue weighted by Gasteiger charge is -2.33. The first kappa shape index (κ1) is 21.0. The minimum atomic E-state index is -0.382. The number of hydrogen-bond acceptors (Lipinski definition) is 5. The molecular formula is C26H31N3O3. The number of hydrogen-bond donors (Lipinski definition) is 1. The number of ether oxygens (including phenoxy) is 2. The van der Waals surface area contributed by atoms with Crippen molar-refractivity contribution in [2.24, 2.45) is 5.92 Å². The Labute approximate surface area is 188 Å². The molecule has 2 aliphatic rings. The van der Waals surface area contributed by atoms with Crippen LogP contribution in [-0.2, 0) is 21.4 Å². The molecule has 1 saturated heterocycles. The lowest BCUT2D eigenvalue weighted by Crippen LogP contribution is -2.34. The van der Waals surface area contributed by atoms with Gasteiger partial charge in [-0.25, -0.2) is 0 Å². The Kier molecular flexibility index (Phi) is 5.87. The standard InChI is InChI=1S/C26H31N3O3/c1-31-21-7-8-23(26(18-30)9-2-3-10-26)25(14-21)29-11-12-32-17-19(16-29)13-20-5-4-6-24-22(20)15-27-28-24/h4-8,14-15,18-19H,2-3,9-13,16-17H2,1H3,(H,27,28). The molecular weight excluding hydrogens is 402 g/mol. The second kappa shape index (κ2) is 8.94. The quantitative estimate of drug-likeness (QED) is 0.588. The smallest absolute Gasteiger partial charge is 0.130 e. The van der Waals surface area contributed by atoms with E-state index in [0.29, 0.717) is 12.5 Å². The second-order valence-corrected chi connectivity index (χ2v) is 9.20. The molecule has 0 bridgehead atoms. The van der Waals surface area contributed by atoms with E-state index in [4.69, 9.17) is 9.47 Å². The fourth-order valence-electron chi connectivity index (χ4n) is 5.52. The summed E-state index contributed by atoms with van der Waals surface area (Å²) in [6.07, 6.45) is 8.07. The van der Waals surface area contributed by atoms with E-state index in [1.807, 2.05) is 12.3 Å². The molecule has 1 aliphatic carbocycles. The fourth-order valence-corrected chi connectivity index (χ4v) is 5.52. The first-order valence-electron chi connectivity index (χ1n) is 11.6. The van der Waals surface area contributed by atoms with Crippen molar-refractivity contribution in [2.45, 2.75) is 37.5 Å². The summed E-state index contributed by atoms with van der Waals surface area (Å²) >= 11 is 0. The number of rotatable bonds is 6. The first-order valence-corrected chi connectivity index (χ1v) is 11.6. The largest absolute Gasteiger partial charge is 0.497 e. The monoisotopic (exact) mass is 433 g/mol. The number of aromatic nitrogens is 2. The third kappa shape index (κ3) is 3.88. The molecule has 0 amide bonds. The highest BCUT2D eigenvalue weighted by Gasteiger charge is 2.38. The maximum Gasteiger partial charge on any atom is 0.130 e. The van der Waals surface area contributed by atoms with Crippen molar-refractivity contribution in [3.05, 3.63) is 53.7 Å². The van der Waals surface area contributed by atoms with Gasteiger partial charge in [-0.05, 0) is 42.5 Å². The molecule has 1 aromatic heterocycles. The van der Waals surface area contributed by atoms with Crippen molar-refractivity contribution in [3.63, 3.8) is 0 Å². The molecule has 168 valence electrons. The zero-order chi connectivity index (χ0) is 22.0. The third-order valence-corrected chi connectivity index (χ3v) is 7.22. The van der Waals surface area contributed by atoms with E-state index in [-0.39, 0.29) is 5.41 Å². The number of nitrogens with one attached hydrogen (secondary N) is 1. The molecule has 1 aliphatic heterocycles. The summed E-state index contributed by atoms with van der Waals surface area (Å²) in [5, 5.41) is 8.46. The molecule has 5 rings (SSSR count). The minimum Gasteiger partial charge on any atom is -0.497 e. The van der Waals surface area contributed by atoms with Crippen LogP contribution in [0.2, 0.25) is 0 Å². The minimum absolute atomic E-state index is 0.341. The van der Waals surface area contributed by atoms with Gasteiger partial charge in [0.15, 0.2) is 0 Å². The number of fused-ring (bicyclic) bond motifs is 1. The molecule has 6 heteroatoms. The molecule has 1 unspecified atom stereocenters. The van der Waals surface area contributed by atoms with Crippen LogP contribution in [0.15, 0.2) is 42.6 Å². The highest BCUT2D eigenvalue weighted by atomic mass is 16.5. The molecule has 0 radical (unpaired) electrons. The van der Waals surface area contributed by atoms with Gasteiger partial charge >= 0.3 is 0 Å². The van der Waals surface area contributed by atoms with Gasteiger partial charge in [0.2, 0.25) is 0 Å². The summed E-state index contributed by atoms with van der Waals surface area (Å²) in [5.74, 6) is 1.17. The van der Waals surface area contributed by atoms with E-state index in [1.165, 1.54) is 17.2 Å². The molecule has 1 saturated carbocycles. The molecule has 6 nitrogen and oxygen atoms in total. The molecule has 3 aromatic rings. The van der Waals surface area contributed by atoms with Crippen LogP contribution in [-0.4, -0.2) is 49.9 Å². The van der Waals surface area contributed by atoms with Gasteiger partial charge in [-0.3, -0.25) is 5.10 Å². The van der Waals surface area contributed by atoms with Crippen molar-refractivity contribution in [1.82, 2.24) is 10.2 Å². The Morgan fingerprint density at radius 2 is 2.16 bits per heavy atom. The lowest BCUT2D eigenvalue weighted by molar-refractivity contribution is -0.112. The summed E-state index contributed by atoms with van der Waals surface area (Å²) in [4.78, 5) is 14.7. The molecule has 1 N–H and O–H groups in total. The van der Waals surface area contributed by atoms with Gasteiger partial charge in [-0.2, -0.15) is 5.10 Å². The second-order valence-electron chi connectivity index (χ2n) is 9.20. The molecule has 2 heterocycles. The third-order valence-electron chi connectivity index (χ3n) is 7.22. The predicted octanol–water partition coefficient (Wildman–Crippen LogP) is 4.28. The zero-order valence-corrected chi connectivity index (χ0v) is 18.7. The summed E-state index contributed by atoms with van der Waals surface area (Å²) in [7, 11) is 1.70. The van der Waals surface area contributed by atoms with E-state index in [2.05, 4.69) is 45.4 Å². The fraction of sp³-hybridized carbons (Fsp3) is 0.462. The van der Waals surface area contributed by atoms with Gasteiger partial charge in [0.25, 0.3) is 0 Å². The number of anilines is 1. The number of methoxy groups -OCH3 is 1. The average molecular weight is 434 g/mol. The van der Waals surface area contributed by atoms with Crippen molar-refractivity contribution in [1.29, 1.82) is 0 Å². The van der Waals surface area contributed by atoms with Gasteiger partial charge < -0.3 is 19.2 Å². The maximum atomic E-state index is 12.3. The van der Waals surface area contributed by atoms with E-state index in [1.54, 1.807) is 7.11 Å². The Morgan fingerprint density at radius 3 is 2.97 bits per heavy atom. The molecule has 2 aromatic carbocycles. The predicted molar refractivity (Wildman–Crippen MR) is 126 cm³/mol. The van der Waals surface area contributed by atoms with E-state index < -0.39 is 0 Å². The van der Waals surface area contributed by atoms with Crippen molar-refractivity contribution < 1.29 is 14.3 Å². The van der Waals surface area contributed by atoms with Crippen molar-refractivity contribution >= 4 is 22.9 Å². The topological polar surface area (TPSA) is 67.4 Å². The number of H-pyrrole nitrogens is 1. The summed E-state index contributed by atoms with van der Waals surface area (Å²) < 4.78 is 11.6. The highest BCUT2D eigenvalue weighted by Crippen LogP contribution is 2.45. The van der Waals surface area contributed by atoms with Crippen LogP contribution in [0.1, 0.15) is 36.8 Å². The van der Waals surface area contributed by atoms with Gasteiger partial charge in [0.1, 0.15) is 12.0 Å².